The fourth-order valence-corrected chi connectivity index (χ4v) is 3.93. The predicted molar refractivity (Wildman–Crippen MR) is 115 cm³/mol. The molecular weight excluding hydrogens is 380 g/mol. The highest BCUT2D eigenvalue weighted by Gasteiger charge is 2.22. The van der Waals surface area contributed by atoms with Crippen molar-refractivity contribution >= 4 is 10.8 Å². The van der Waals surface area contributed by atoms with E-state index in [2.05, 4.69) is 4.98 Å². The maximum Gasteiger partial charge on any atom is 0.351 e. The molecule has 0 atom stereocenters. The van der Waals surface area contributed by atoms with Crippen LogP contribution in [0.15, 0.2) is 65.5 Å². The Balaban J connectivity index is 1.58. The molecule has 0 saturated carbocycles. The first-order chi connectivity index (χ1) is 14.7. The maximum atomic E-state index is 12.7. The molecule has 30 heavy (non-hydrogen) atoms. The van der Waals surface area contributed by atoms with Gasteiger partial charge in [-0.25, -0.2) is 4.79 Å². The fourth-order valence-electron chi connectivity index (χ4n) is 3.93. The van der Waals surface area contributed by atoms with Crippen molar-refractivity contribution < 1.29 is 14.2 Å². The molecule has 0 bridgehead atoms. The van der Waals surface area contributed by atoms with Crippen LogP contribution in [-0.4, -0.2) is 23.8 Å². The van der Waals surface area contributed by atoms with Crippen molar-refractivity contribution in [3.05, 3.63) is 76.7 Å². The number of aromatic nitrogens is 2. The SMILES string of the molecule is COc1cc2c(cc1OC)-c1cc(Oc3ccc4ccccc4c3)nc(=O)n1CC2. The molecule has 6 heteroatoms. The van der Waals surface area contributed by atoms with Crippen LogP contribution in [0.4, 0.5) is 0 Å². The maximum absolute atomic E-state index is 12.7. The summed E-state index contributed by atoms with van der Waals surface area (Å²) in [6.45, 7) is 0.555. The summed E-state index contributed by atoms with van der Waals surface area (Å²) in [6, 6.07) is 19.5. The normalized spacial score (nSPS) is 12.2. The number of benzene rings is 3. The molecule has 0 amide bonds. The number of nitrogens with zero attached hydrogens (tertiary/aromatic N) is 2. The lowest BCUT2D eigenvalue weighted by Crippen LogP contribution is -2.28. The minimum Gasteiger partial charge on any atom is -0.493 e. The number of aryl methyl sites for hydroxylation is 1. The number of ether oxygens (including phenoxy) is 3. The van der Waals surface area contributed by atoms with Crippen LogP contribution in [0.25, 0.3) is 22.0 Å². The molecule has 2 heterocycles. The van der Waals surface area contributed by atoms with Crippen LogP contribution in [0.5, 0.6) is 23.1 Å². The number of hydrogen-bond acceptors (Lipinski definition) is 5. The van der Waals surface area contributed by atoms with Gasteiger partial charge in [0.1, 0.15) is 5.75 Å². The molecule has 0 radical (unpaired) electrons. The van der Waals surface area contributed by atoms with Gasteiger partial charge >= 0.3 is 5.69 Å². The Morgan fingerprint density at radius 3 is 2.47 bits per heavy atom. The van der Waals surface area contributed by atoms with E-state index in [1.165, 1.54) is 0 Å². The Labute approximate surface area is 173 Å². The molecule has 0 aliphatic carbocycles. The monoisotopic (exact) mass is 400 g/mol. The minimum atomic E-state index is -0.330. The third kappa shape index (κ3) is 3.06. The molecular formula is C24H20N2O4. The fraction of sp³-hybridized carbons (Fsp3) is 0.167. The highest BCUT2D eigenvalue weighted by Crippen LogP contribution is 2.38. The Kier molecular flexibility index (Phi) is 4.39. The van der Waals surface area contributed by atoms with Gasteiger partial charge in [-0.15, -0.1) is 0 Å². The summed E-state index contributed by atoms with van der Waals surface area (Å²) in [6.07, 6.45) is 0.717. The second-order valence-corrected chi connectivity index (χ2v) is 7.14. The number of fused-ring (bicyclic) bond motifs is 4. The van der Waals surface area contributed by atoms with Gasteiger partial charge in [0, 0.05) is 18.2 Å². The molecule has 5 rings (SSSR count). The van der Waals surface area contributed by atoms with Gasteiger partial charge in [0.25, 0.3) is 0 Å². The number of rotatable bonds is 4. The standard InChI is InChI=1S/C24H20N2O4/c1-28-21-12-17-9-10-26-20(19(17)13-22(21)29-2)14-23(25-24(26)27)30-18-8-7-15-5-3-4-6-16(15)11-18/h3-8,11-14H,9-10H2,1-2H3. The van der Waals surface area contributed by atoms with E-state index in [0.29, 0.717) is 23.8 Å². The first-order valence-electron chi connectivity index (χ1n) is 9.70. The molecule has 3 aromatic carbocycles. The highest BCUT2D eigenvalue weighted by atomic mass is 16.5. The van der Waals surface area contributed by atoms with E-state index in [1.54, 1.807) is 24.9 Å². The van der Waals surface area contributed by atoms with Gasteiger partial charge in [0.15, 0.2) is 11.5 Å². The average Bonchev–Trinajstić information content (AvgIpc) is 2.78. The second kappa shape index (κ2) is 7.22. The smallest absolute Gasteiger partial charge is 0.351 e. The van der Waals surface area contributed by atoms with E-state index in [9.17, 15) is 4.79 Å². The molecule has 6 nitrogen and oxygen atoms in total. The molecule has 150 valence electrons. The Bertz CT molecular complexity index is 1330. The summed E-state index contributed by atoms with van der Waals surface area (Å²) in [7, 11) is 3.21. The Hall–Kier alpha value is -3.80. The van der Waals surface area contributed by atoms with Crippen LogP contribution < -0.4 is 19.9 Å². The van der Waals surface area contributed by atoms with Gasteiger partial charge in [0.2, 0.25) is 5.88 Å². The zero-order chi connectivity index (χ0) is 20.7. The highest BCUT2D eigenvalue weighted by molar-refractivity contribution is 5.83. The van der Waals surface area contributed by atoms with Crippen LogP contribution in [0.3, 0.4) is 0 Å². The van der Waals surface area contributed by atoms with Crippen LogP contribution in [-0.2, 0) is 13.0 Å². The van der Waals surface area contributed by atoms with Gasteiger partial charge in [-0.05, 0) is 47.0 Å². The molecule has 1 aromatic heterocycles. The van der Waals surface area contributed by atoms with Crippen molar-refractivity contribution in [1.82, 2.24) is 9.55 Å². The number of hydrogen-bond donors (Lipinski definition) is 0. The zero-order valence-corrected chi connectivity index (χ0v) is 16.7. The van der Waals surface area contributed by atoms with Gasteiger partial charge in [-0.3, -0.25) is 4.57 Å². The molecule has 1 aliphatic rings. The van der Waals surface area contributed by atoms with E-state index in [1.807, 2.05) is 54.6 Å². The minimum absolute atomic E-state index is 0.268. The summed E-state index contributed by atoms with van der Waals surface area (Å²) in [5.41, 5.74) is 2.44. The van der Waals surface area contributed by atoms with Crippen LogP contribution in [0, 0.1) is 0 Å². The molecule has 0 unspecified atom stereocenters. The van der Waals surface area contributed by atoms with E-state index in [0.717, 1.165) is 34.0 Å². The lowest BCUT2D eigenvalue weighted by molar-refractivity contribution is 0.354. The quantitative estimate of drug-likeness (QED) is 0.507. The molecule has 1 aliphatic heterocycles. The third-order valence-electron chi connectivity index (χ3n) is 5.42. The van der Waals surface area contributed by atoms with E-state index >= 15 is 0 Å². The molecule has 0 N–H and O–H groups in total. The zero-order valence-electron chi connectivity index (χ0n) is 16.7. The largest absolute Gasteiger partial charge is 0.493 e. The molecule has 0 saturated heterocycles. The summed E-state index contributed by atoms with van der Waals surface area (Å²) >= 11 is 0. The van der Waals surface area contributed by atoms with Crippen LogP contribution >= 0.6 is 0 Å². The molecule has 0 fully saturated rings. The average molecular weight is 400 g/mol. The summed E-state index contributed by atoms with van der Waals surface area (Å²) in [5.74, 6) is 2.19. The lowest BCUT2D eigenvalue weighted by atomic mass is 9.97. The second-order valence-electron chi connectivity index (χ2n) is 7.14. The summed E-state index contributed by atoms with van der Waals surface area (Å²) in [4.78, 5) is 16.8. The van der Waals surface area contributed by atoms with E-state index < -0.39 is 0 Å². The first-order valence-corrected chi connectivity index (χ1v) is 9.70. The van der Waals surface area contributed by atoms with Crippen molar-refractivity contribution in [2.45, 2.75) is 13.0 Å². The molecule has 4 aromatic rings. The van der Waals surface area contributed by atoms with Crippen molar-refractivity contribution in [1.29, 1.82) is 0 Å². The van der Waals surface area contributed by atoms with Crippen molar-refractivity contribution in [2.75, 3.05) is 14.2 Å². The lowest BCUT2D eigenvalue weighted by Gasteiger charge is -2.23. The van der Waals surface area contributed by atoms with Crippen molar-refractivity contribution in [3.8, 4) is 34.4 Å². The summed E-state index contributed by atoms with van der Waals surface area (Å²) < 4.78 is 18.5. The van der Waals surface area contributed by atoms with Gasteiger partial charge < -0.3 is 14.2 Å². The topological polar surface area (TPSA) is 62.6 Å². The van der Waals surface area contributed by atoms with E-state index in [-0.39, 0.29) is 11.6 Å². The van der Waals surface area contributed by atoms with Crippen molar-refractivity contribution in [3.63, 3.8) is 0 Å². The van der Waals surface area contributed by atoms with Crippen LogP contribution in [0.1, 0.15) is 5.56 Å². The Morgan fingerprint density at radius 1 is 0.900 bits per heavy atom. The van der Waals surface area contributed by atoms with Gasteiger partial charge in [-0.2, -0.15) is 4.98 Å². The number of methoxy groups -OCH3 is 2. The van der Waals surface area contributed by atoms with Gasteiger partial charge in [0.05, 0.1) is 19.9 Å². The Morgan fingerprint density at radius 2 is 1.67 bits per heavy atom. The third-order valence-corrected chi connectivity index (χ3v) is 5.42. The molecule has 0 spiro atoms. The first kappa shape index (κ1) is 18.2. The predicted octanol–water partition coefficient (Wildman–Crippen LogP) is 4.43. The van der Waals surface area contributed by atoms with Gasteiger partial charge in [-0.1, -0.05) is 30.3 Å². The van der Waals surface area contributed by atoms with Crippen molar-refractivity contribution in [2.24, 2.45) is 0 Å². The summed E-state index contributed by atoms with van der Waals surface area (Å²) in [5, 5.41) is 2.19. The van der Waals surface area contributed by atoms with Crippen LogP contribution in [0.2, 0.25) is 0 Å². The van der Waals surface area contributed by atoms with E-state index in [4.69, 9.17) is 14.2 Å².